The highest BCUT2D eigenvalue weighted by atomic mass is 16.5. The summed E-state index contributed by atoms with van der Waals surface area (Å²) in [6, 6.07) is 12.2. The fourth-order valence-corrected chi connectivity index (χ4v) is 2.48. The topological polar surface area (TPSA) is 75.5 Å². The average molecular weight is 323 g/mol. The number of carbonyl (C=O) groups is 1. The molecule has 0 saturated carbocycles. The maximum Gasteiger partial charge on any atom is 0.336 e. The van der Waals surface area contributed by atoms with Crippen LogP contribution in [0.4, 0.5) is 0 Å². The average Bonchev–Trinajstić information content (AvgIpc) is 2.53. The molecular weight excluding hydrogens is 306 g/mol. The Bertz CT molecular complexity index is 894. The Labute approximate surface area is 139 Å². The molecule has 0 fully saturated rings. The fourth-order valence-electron chi connectivity index (χ4n) is 2.48. The standard InChI is InChI=1S/C18H17N3O3/c1-21(2)10-13-9-17(20-11-19-13)24-14-6-7-15-12(8-14)4-3-5-16(15)18(22)23/h3-9,11H,10H2,1-2H3,(H,22,23). The number of ether oxygens (including phenoxy) is 1. The molecule has 0 aliphatic heterocycles. The summed E-state index contributed by atoms with van der Waals surface area (Å²) < 4.78 is 5.79. The zero-order valence-corrected chi connectivity index (χ0v) is 13.4. The molecule has 0 atom stereocenters. The first kappa shape index (κ1) is 15.9. The number of nitrogens with zero attached hydrogens (tertiary/aromatic N) is 3. The van der Waals surface area contributed by atoms with Gasteiger partial charge in [0.05, 0.1) is 11.3 Å². The van der Waals surface area contributed by atoms with Gasteiger partial charge in [-0.05, 0) is 49.1 Å². The van der Waals surface area contributed by atoms with E-state index in [2.05, 4.69) is 9.97 Å². The number of aromatic nitrogens is 2. The van der Waals surface area contributed by atoms with Crippen LogP contribution in [0.3, 0.4) is 0 Å². The van der Waals surface area contributed by atoms with Crippen molar-refractivity contribution in [3.63, 3.8) is 0 Å². The van der Waals surface area contributed by atoms with Crippen molar-refractivity contribution in [2.75, 3.05) is 14.1 Å². The van der Waals surface area contributed by atoms with Gasteiger partial charge in [-0.25, -0.2) is 14.8 Å². The van der Waals surface area contributed by atoms with E-state index in [1.165, 1.54) is 6.33 Å². The molecule has 0 saturated heterocycles. The SMILES string of the molecule is CN(C)Cc1cc(Oc2ccc3c(C(=O)O)cccc3c2)ncn1. The molecular formula is C18H17N3O3. The Morgan fingerprint density at radius 1 is 1.17 bits per heavy atom. The van der Waals surface area contributed by atoms with Crippen molar-refractivity contribution in [2.45, 2.75) is 6.54 Å². The zero-order valence-electron chi connectivity index (χ0n) is 13.4. The number of benzene rings is 2. The molecule has 0 bridgehead atoms. The summed E-state index contributed by atoms with van der Waals surface area (Å²) in [6.45, 7) is 0.693. The minimum absolute atomic E-state index is 0.273. The van der Waals surface area contributed by atoms with Crippen LogP contribution in [0.2, 0.25) is 0 Å². The lowest BCUT2D eigenvalue weighted by Gasteiger charge is -2.10. The summed E-state index contributed by atoms with van der Waals surface area (Å²) in [6.07, 6.45) is 1.47. The lowest BCUT2D eigenvalue weighted by molar-refractivity contribution is 0.0699. The minimum Gasteiger partial charge on any atom is -0.478 e. The normalized spacial score (nSPS) is 11.0. The number of carboxylic acid groups (broad SMARTS) is 1. The zero-order chi connectivity index (χ0) is 17.1. The second-order valence-electron chi connectivity index (χ2n) is 5.68. The maximum absolute atomic E-state index is 11.3. The number of carboxylic acids is 1. The first-order valence-electron chi connectivity index (χ1n) is 7.42. The van der Waals surface area contributed by atoms with Gasteiger partial charge in [0.25, 0.3) is 0 Å². The van der Waals surface area contributed by atoms with Crippen LogP contribution in [-0.2, 0) is 6.54 Å². The lowest BCUT2D eigenvalue weighted by atomic mass is 10.0. The number of aromatic carboxylic acids is 1. The molecule has 2 aromatic carbocycles. The second kappa shape index (κ2) is 6.64. The summed E-state index contributed by atoms with van der Waals surface area (Å²) >= 11 is 0. The Morgan fingerprint density at radius 3 is 2.75 bits per heavy atom. The van der Waals surface area contributed by atoms with Crippen molar-refractivity contribution in [1.29, 1.82) is 0 Å². The monoisotopic (exact) mass is 323 g/mol. The van der Waals surface area contributed by atoms with E-state index in [1.807, 2.05) is 25.1 Å². The van der Waals surface area contributed by atoms with E-state index >= 15 is 0 Å². The van der Waals surface area contributed by atoms with E-state index in [9.17, 15) is 9.90 Å². The number of hydrogen-bond donors (Lipinski definition) is 1. The lowest BCUT2D eigenvalue weighted by Crippen LogP contribution is -2.12. The molecule has 0 amide bonds. The van der Waals surface area contributed by atoms with E-state index in [-0.39, 0.29) is 5.56 Å². The van der Waals surface area contributed by atoms with Crippen LogP contribution in [0.25, 0.3) is 10.8 Å². The van der Waals surface area contributed by atoms with Crippen LogP contribution in [0.15, 0.2) is 48.8 Å². The van der Waals surface area contributed by atoms with Gasteiger partial charge in [0.2, 0.25) is 5.88 Å². The third-order valence-electron chi connectivity index (χ3n) is 3.48. The summed E-state index contributed by atoms with van der Waals surface area (Å²) in [7, 11) is 3.93. The van der Waals surface area contributed by atoms with Crippen molar-refractivity contribution < 1.29 is 14.6 Å². The van der Waals surface area contributed by atoms with Crippen LogP contribution >= 0.6 is 0 Å². The summed E-state index contributed by atoms with van der Waals surface area (Å²) in [5.74, 6) is 0.105. The van der Waals surface area contributed by atoms with Crippen molar-refractivity contribution in [3.8, 4) is 11.6 Å². The predicted molar refractivity (Wildman–Crippen MR) is 90.4 cm³/mol. The van der Waals surface area contributed by atoms with Gasteiger partial charge in [-0.1, -0.05) is 12.1 Å². The minimum atomic E-state index is -0.946. The Kier molecular flexibility index (Phi) is 4.39. The highest BCUT2D eigenvalue weighted by molar-refractivity contribution is 6.03. The first-order valence-corrected chi connectivity index (χ1v) is 7.42. The summed E-state index contributed by atoms with van der Waals surface area (Å²) in [4.78, 5) is 21.6. The molecule has 122 valence electrons. The maximum atomic E-state index is 11.3. The molecule has 1 N–H and O–H groups in total. The summed E-state index contributed by atoms with van der Waals surface area (Å²) in [5, 5.41) is 10.7. The first-order chi connectivity index (χ1) is 11.5. The van der Waals surface area contributed by atoms with Gasteiger partial charge in [-0.3, -0.25) is 0 Å². The smallest absolute Gasteiger partial charge is 0.336 e. The van der Waals surface area contributed by atoms with E-state index in [0.29, 0.717) is 23.6 Å². The van der Waals surface area contributed by atoms with Gasteiger partial charge in [0, 0.05) is 12.6 Å². The van der Waals surface area contributed by atoms with E-state index in [0.717, 1.165) is 11.1 Å². The molecule has 0 spiro atoms. The molecule has 1 aromatic heterocycles. The molecule has 3 aromatic rings. The number of hydrogen-bond acceptors (Lipinski definition) is 5. The van der Waals surface area contributed by atoms with Gasteiger partial charge in [0.1, 0.15) is 12.1 Å². The molecule has 6 heteroatoms. The van der Waals surface area contributed by atoms with Crippen molar-refractivity contribution >= 4 is 16.7 Å². The quantitative estimate of drug-likeness (QED) is 0.777. The van der Waals surface area contributed by atoms with Gasteiger partial charge >= 0.3 is 5.97 Å². The van der Waals surface area contributed by atoms with Gasteiger partial charge in [0.15, 0.2) is 0 Å². The number of fused-ring (bicyclic) bond motifs is 1. The Balaban J connectivity index is 1.89. The van der Waals surface area contributed by atoms with Gasteiger partial charge < -0.3 is 14.7 Å². The van der Waals surface area contributed by atoms with Crippen LogP contribution in [0.5, 0.6) is 11.6 Å². The molecule has 1 heterocycles. The molecule has 0 aliphatic carbocycles. The van der Waals surface area contributed by atoms with Crippen LogP contribution in [0, 0.1) is 0 Å². The van der Waals surface area contributed by atoms with Crippen molar-refractivity contribution in [3.05, 3.63) is 60.0 Å². The van der Waals surface area contributed by atoms with Crippen LogP contribution in [0.1, 0.15) is 16.1 Å². The molecule has 6 nitrogen and oxygen atoms in total. The van der Waals surface area contributed by atoms with Gasteiger partial charge in [-0.15, -0.1) is 0 Å². The fraction of sp³-hybridized carbons (Fsp3) is 0.167. The largest absolute Gasteiger partial charge is 0.478 e. The molecule has 3 rings (SSSR count). The highest BCUT2D eigenvalue weighted by Crippen LogP contribution is 2.27. The predicted octanol–water partition coefficient (Wildman–Crippen LogP) is 3.18. The third kappa shape index (κ3) is 3.49. The highest BCUT2D eigenvalue weighted by Gasteiger charge is 2.09. The Morgan fingerprint density at radius 2 is 2.00 bits per heavy atom. The summed E-state index contributed by atoms with van der Waals surface area (Å²) in [5.41, 5.74) is 1.13. The third-order valence-corrected chi connectivity index (χ3v) is 3.48. The second-order valence-corrected chi connectivity index (χ2v) is 5.68. The molecule has 0 radical (unpaired) electrons. The van der Waals surface area contributed by atoms with Crippen molar-refractivity contribution in [2.24, 2.45) is 0 Å². The van der Waals surface area contributed by atoms with E-state index in [4.69, 9.17) is 4.74 Å². The van der Waals surface area contributed by atoms with E-state index < -0.39 is 5.97 Å². The van der Waals surface area contributed by atoms with Gasteiger partial charge in [-0.2, -0.15) is 0 Å². The van der Waals surface area contributed by atoms with E-state index in [1.54, 1.807) is 36.4 Å². The Hall–Kier alpha value is -2.99. The van der Waals surface area contributed by atoms with Crippen molar-refractivity contribution in [1.82, 2.24) is 14.9 Å². The number of rotatable bonds is 5. The van der Waals surface area contributed by atoms with Crippen LogP contribution in [-0.4, -0.2) is 40.0 Å². The molecule has 0 aliphatic rings. The van der Waals surface area contributed by atoms with Crippen LogP contribution < -0.4 is 4.74 Å². The molecule has 24 heavy (non-hydrogen) atoms. The molecule has 0 unspecified atom stereocenters.